The number of aliphatic hydroxyl groups excluding tert-OH is 1. The topological polar surface area (TPSA) is 96.9 Å². The van der Waals surface area contributed by atoms with Crippen molar-refractivity contribution in [2.45, 2.75) is 57.0 Å². The van der Waals surface area contributed by atoms with Gasteiger partial charge in [-0.25, -0.2) is 9.97 Å². The van der Waals surface area contributed by atoms with E-state index in [0.29, 0.717) is 37.0 Å². The maximum absolute atomic E-state index is 14.0. The zero-order valence-electron chi connectivity index (χ0n) is 20.7. The molecule has 4 atom stereocenters. The van der Waals surface area contributed by atoms with Crippen LogP contribution in [0.2, 0.25) is 5.02 Å². The SMILES string of the molecule is CC(C)NC[C@@H](C(=O)N1CCN(c2ncnc3c2N(C)CC(O)N3)[C@H]2CC21C)c1ccc(Cl)cc1. The quantitative estimate of drug-likeness (QED) is 0.557. The van der Waals surface area contributed by atoms with Crippen LogP contribution >= 0.6 is 11.6 Å². The van der Waals surface area contributed by atoms with Crippen molar-refractivity contribution in [3.05, 3.63) is 41.2 Å². The number of fused-ring (bicyclic) bond motifs is 2. The maximum Gasteiger partial charge on any atom is 0.231 e. The molecule has 188 valence electrons. The third-order valence-corrected chi connectivity index (χ3v) is 7.75. The number of nitrogens with zero attached hydrogens (tertiary/aromatic N) is 5. The predicted molar refractivity (Wildman–Crippen MR) is 138 cm³/mol. The van der Waals surface area contributed by atoms with Gasteiger partial charge < -0.3 is 30.4 Å². The van der Waals surface area contributed by atoms with Crippen LogP contribution in [0.1, 0.15) is 38.7 Å². The van der Waals surface area contributed by atoms with E-state index in [1.165, 1.54) is 0 Å². The second-order valence-electron chi connectivity index (χ2n) is 10.4. The van der Waals surface area contributed by atoms with E-state index in [-0.39, 0.29) is 29.4 Å². The van der Waals surface area contributed by atoms with Crippen molar-refractivity contribution >= 4 is 34.8 Å². The van der Waals surface area contributed by atoms with Gasteiger partial charge in [0.25, 0.3) is 0 Å². The first kappa shape index (κ1) is 24.1. The molecule has 2 aromatic rings. The van der Waals surface area contributed by atoms with Gasteiger partial charge in [-0.1, -0.05) is 37.6 Å². The Labute approximate surface area is 211 Å². The number of β-amino-alcohol motifs (C(OH)–C–C–N with tert-alkyl or cyclic N) is 1. The highest BCUT2D eigenvalue weighted by Crippen LogP contribution is 2.52. The zero-order chi connectivity index (χ0) is 24.9. The summed E-state index contributed by atoms with van der Waals surface area (Å²) in [4.78, 5) is 29.3. The Morgan fingerprint density at radius 1 is 1.29 bits per heavy atom. The number of nitrogens with one attached hydrogen (secondary N) is 2. The molecule has 3 heterocycles. The minimum Gasteiger partial charge on any atom is -0.372 e. The van der Waals surface area contributed by atoms with E-state index in [1.807, 2.05) is 36.2 Å². The molecule has 1 saturated carbocycles. The van der Waals surface area contributed by atoms with Gasteiger partial charge in [-0.2, -0.15) is 0 Å². The monoisotopic (exact) mass is 499 g/mol. The first-order valence-electron chi connectivity index (χ1n) is 12.3. The zero-order valence-corrected chi connectivity index (χ0v) is 21.5. The highest BCUT2D eigenvalue weighted by Gasteiger charge is 2.62. The van der Waals surface area contributed by atoms with Crippen LogP contribution in [0.3, 0.4) is 0 Å². The Morgan fingerprint density at radius 2 is 2.03 bits per heavy atom. The number of halogens is 1. The largest absolute Gasteiger partial charge is 0.372 e. The number of anilines is 3. The normalized spacial score (nSPS) is 26.2. The summed E-state index contributed by atoms with van der Waals surface area (Å²) >= 11 is 6.12. The number of benzene rings is 1. The predicted octanol–water partition coefficient (Wildman–Crippen LogP) is 2.27. The van der Waals surface area contributed by atoms with E-state index in [1.54, 1.807) is 6.33 Å². The standard InChI is InChI=1S/C25H34ClN7O2/c1-15(2)27-12-18(16-5-7-17(26)8-6-16)24(35)33-10-9-32(19-11-25(19,33)3)23-21-22(28-14-29-23)30-20(34)13-31(21)4/h5-8,14-15,18-20,27,34H,9-13H2,1-4H3,(H,28,29,30)/t18-,19+,20?,25?/m1/s1. The average Bonchev–Trinajstić information content (AvgIpc) is 3.51. The number of rotatable bonds is 6. The molecular formula is C25H34ClN7O2. The number of hydrogen-bond donors (Lipinski definition) is 3. The van der Waals surface area contributed by atoms with Crippen molar-refractivity contribution in [2.75, 3.05) is 48.3 Å². The van der Waals surface area contributed by atoms with Crippen LogP contribution in [0.5, 0.6) is 0 Å². The fourth-order valence-electron chi connectivity index (χ4n) is 5.48. The molecule has 35 heavy (non-hydrogen) atoms. The van der Waals surface area contributed by atoms with E-state index in [0.717, 1.165) is 23.5 Å². The first-order valence-corrected chi connectivity index (χ1v) is 12.6. The molecule has 3 aliphatic rings. The van der Waals surface area contributed by atoms with Crippen molar-refractivity contribution in [2.24, 2.45) is 0 Å². The first-order chi connectivity index (χ1) is 16.7. The molecule has 1 aliphatic carbocycles. The van der Waals surface area contributed by atoms with E-state index in [2.05, 4.69) is 51.2 Å². The smallest absolute Gasteiger partial charge is 0.231 e. The summed E-state index contributed by atoms with van der Waals surface area (Å²) in [6, 6.07) is 8.09. The Morgan fingerprint density at radius 3 is 2.74 bits per heavy atom. The fourth-order valence-corrected chi connectivity index (χ4v) is 5.60. The Kier molecular flexibility index (Phi) is 6.27. The molecule has 1 saturated heterocycles. The molecule has 1 aromatic carbocycles. The molecule has 3 N–H and O–H groups in total. The highest BCUT2D eigenvalue weighted by molar-refractivity contribution is 6.30. The van der Waals surface area contributed by atoms with Gasteiger partial charge in [-0.15, -0.1) is 0 Å². The van der Waals surface area contributed by atoms with Crippen LogP contribution < -0.4 is 20.4 Å². The molecule has 2 aliphatic heterocycles. The lowest BCUT2D eigenvalue weighted by molar-refractivity contribution is -0.136. The number of likely N-dealkylation sites (N-methyl/N-ethyl adjacent to an activating group) is 1. The molecular weight excluding hydrogens is 466 g/mol. The van der Waals surface area contributed by atoms with E-state index >= 15 is 0 Å². The average molecular weight is 500 g/mol. The summed E-state index contributed by atoms with van der Waals surface area (Å²) in [6.45, 7) is 8.71. The van der Waals surface area contributed by atoms with Crippen molar-refractivity contribution in [3.63, 3.8) is 0 Å². The van der Waals surface area contributed by atoms with Crippen molar-refractivity contribution in [1.82, 2.24) is 20.2 Å². The van der Waals surface area contributed by atoms with Crippen molar-refractivity contribution < 1.29 is 9.90 Å². The molecule has 0 spiro atoms. The van der Waals surface area contributed by atoms with Gasteiger partial charge in [-0.3, -0.25) is 4.79 Å². The minimum absolute atomic E-state index is 0.150. The van der Waals surface area contributed by atoms with Crippen LogP contribution in [0.15, 0.2) is 30.6 Å². The second-order valence-corrected chi connectivity index (χ2v) is 10.8. The molecule has 1 aromatic heterocycles. The summed E-state index contributed by atoms with van der Waals surface area (Å²) in [6.07, 6.45) is 1.76. The molecule has 2 fully saturated rings. The Bertz CT molecular complexity index is 1100. The van der Waals surface area contributed by atoms with E-state index < -0.39 is 6.23 Å². The number of aromatic nitrogens is 2. The molecule has 1 amide bonds. The lowest BCUT2D eigenvalue weighted by Gasteiger charge is -2.43. The van der Waals surface area contributed by atoms with Crippen LogP contribution in [0, 0.1) is 0 Å². The van der Waals surface area contributed by atoms with Gasteiger partial charge in [-0.05, 0) is 31.0 Å². The second kappa shape index (κ2) is 9.11. The van der Waals surface area contributed by atoms with Crippen LogP contribution in [0.4, 0.5) is 17.3 Å². The molecule has 0 radical (unpaired) electrons. The third kappa shape index (κ3) is 4.41. The highest BCUT2D eigenvalue weighted by atomic mass is 35.5. The lowest BCUT2D eigenvalue weighted by atomic mass is 9.95. The van der Waals surface area contributed by atoms with Crippen molar-refractivity contribution in [1.29, 1.82) is 0 Å². The molecule has 0 bridgehead atoms. The maximum atomic E-state index is 14.0. The van der Waals surface area contributed by atoms with Crippen LogP contribution in [-0.2, 0) is 4.79 Å². The summed E-state index contributed by atoms with van der Waals surface area (Å²) < 4.78 is 0. The number of carbonyl (C=O) groups excluding carboxylic acids is 1. The Balaban J connectivity index is 1.39. The number of amides is 1. The van der Waals surface area contributed by atoms with Gasteiger partial charge in [0.05, 0.1) is 24.0 Å². The number of carbonyl (C=O) groups is 1. The molecule has 5 rings (SSSR count). The fraction of sp³-hybridized carbons (Fsp3) is 0.560. The third-order valence-electron chi connectivity index (χ3n) is 7.50. The Hall–Kier alpha value is -2.62. The summed E-state index contributed by atoms with van der Waals surface area (Å²) in [5, 5.41) is 17.3. The molecule has 2 unspecified atom stereocenters. The number of aliphatic hydroxyl groups is 1. The van der Waals surface area contributed by atoms with E-state index in [9.17, 15) is 9.90 Å². The van der Waals surface area contributed by atoms with Crippen molar-refractivity contribution in [3.8, 4) is 0 Å². The molecule has 10 heteroatoms. The van der Waals surface area contributed by atoms with E-state index in [4.69, 9.17) is 11.6 Å². The summed E-state index contributed by atoms with van der Waals surface area (Å²) in [7, 11) is 1.94. The van der Waals surface area contributed by atoms with Gasteiger partial charge in [0.2, 0.25) is 5.91 Å². The lowest BCUT2D eigenvalue weighted by Crippen LogP contribution is -2.56. The van der Waals surface area contributed by atoms with Crippen LogP contribution in [0.25, 0.3) is 0 Å². The van der Waals surface area contributed by atoms with Gasteiger partial charge in [0, 0.05) is 37.7 Å². The number of piperazine rings is 1. The summed E-state index contributed by atoms with van der Waals surface area (Å²) in [5.41, 5.74) is 1.62. The van der Waals surface area contributed by atoms with Crippen LogP contribution in [-0.4, -0.2) is 83.0 Å². The van der Waals surface area contributed by atoms with Gasteiger partial charge in [0.1, 0.15) is 18.2 Å². The number of hydrogen-bond acceptors (Lipinski definition) is 8. The summed E-state index contributed by atoms with van der Waals surface area (Å²) in [5.74, 6) is 1.37. The molecule has 9 nitrogen and oxygen atoms in total. The van der Waals surface area contributed by atoms with Gasteiger partial charge >= 0.3 is 0 Å². The van der Waals surface area contributed by atoms with Gasteiger partial charge in [0.15, 0.2) is 11.6 Å². The minimum atomic E-state index is -0.667.